The number of carbonyl (C=O) groups excluding carboxylic acids is 2. The van der Waals surface area contributed by atoms with Gasteiger partial charge in [0.25, 0.3) is 0 Å². The molecule has 2 atom stereocenters. The second-order valence-electron chi connectivity index (χ2n) is 5.55. The lowest BCUT2D eigenvalue weighted by atomic mass is 10.1. The number of rotatable bonds is 5. The van der Waals surface area contributed by atoms with Gasteiger partial charge in [0.05, 0.1) is 12.1 Å². The third-order valence-electron chi connectivity index (χ3n) is 3.70. The molecular formula is C16H23N3O3. The number of likely N-dealkylation sites (N-methyl/N-ethyl adjacent to an activating group) is 1. The van der Waals surface area contributed by atoms with Crippen molar-refractivity contribution in [2.24, 2.45) is 0 Å². The van der Waals surface area contributed by atoms with Crippen molar-refractivity contribution in [3.63, 3.8) is 0 Å². The highest BCUT2D eigenvalue weighted by Gasteiger charge is 2.32. The van der Waals surface area contributed by atoms with Crippen LogP contribution < -0.4 is 10.6 Å². The Hall–Kier alpha value is -1.92. The molecule has 22 heavy (non-hydrogen) atoms. The van der Waals surface area contributed by atoms with Crippen LogP contribution in [0.3, 0.4) is 0 Å². The number of hydrogen-bond acceptors (Lipinski definition) is 4. The number of ketones is 1. The van der Waals surface area contributed by atoms with E-state index >= 15 is 0 Å². The SMILES string of the molecule is CCO[C@@H]1CN(C)C[C@H]1NC(=O)Nc1ccc(C(C)=O)cc1. The van der Waals surface area contributed by atoms with E-state index in [1.54, 1.807) is 24.3 Å². The fourth-order valence-electron chi connectivity index (χ4n) is 2.61. The molecule has 6 heteroatoms. The van der Waals surface area contributed by atoms with E-state index in [2.05, 4.69) is 15.5 Å². The Morgan fingerprint density at radius 3 is 2.55 bits per heavy atom. The van der Waals surface area contributed by atoms with E-state index in [9.17, 15) is 9.59 Å². The van der Waals surface area contributed by atoms with Gasteiger partial charge in [-0.2, -0.15) is 0 Å². The molecule has 2 amide bonds. The Labute approximate surface area is 130 Å². The first kappa shape index (κ1) is 16.5. The summed E-state index contributed by atoms with van der Waals surface area (Å²) in [5.74, 6) is 0.00421. The van der Waals surface area contributed by atoms with Gasteiger partial charge in [-0.25, -0.2) is 4.79 Å². The number of nitrogens with one attached hydrogen (secondary N) is 2. The largest absolute Gasteiger partial charge is 0.375 e. The second kappa shape index (κ2) is 7.38. The lowest BCUT2D eigenvalue weighted by Crippen LogP contribution is -2.45. The maximum atomic E-state index is 12.1. The van der Waals surface area contributed by atoms with E-state index in [1.165, 1.54) is 6.92 Å². The van der Waals surface area contributed by atoms with Crippen molar-refractivity contribution in [3.8, 4) is 0 Å². The van der Waals surface area contributed by atoms with E-state index < -0.39 is 0 Å². The molecule has 0 aliphatic carbocycles. The van der Waals surface area contributed by atoms with E-state index in [0.29, 0.717) is 17.9 Å². The number of ether oxygens (including phenoxy) is 1. The topological polar surface area (TPSA) is 70.7 Å². The molecular weight excluding hydrogens is 282 g/mol. The molecule has 0 bridgehead atoms. The van der Waals surface area contributed by atoms with Gasteiger partial charge in [0, 0.05) is 30.9 Å². The van der Waals surface area contributed by atoms with Crippen LogP contribution in [0.5, 0.6) is 0 Å². The zero-order valence-corrected chi connectivity index (χ0v) is 13.3. The average molecular weight is 305 g/mol. The summed E-state index contributed by atoms with van der Waals surface area (Å²) in [5.41, 5.74) is 1.28. The van der Waals surface area contributed by atoms with Gasteiger partial charge in [-0.3, -0.25) is 4.79 Å². The van der Waals surface area contributed by atoms with Crippen LogP contribution in [0.1, 0.15) is 24.2 Å². The average Bonchev–Trinajstić information content (AvgIpc) is 2.79. The van der Waals surface area contributed by atoms with Gasteiger partial charge in [-0.1, -0.05) is 0 Å². The number of urea groups is 1. The number of hydrogen-bond donors (Lipinski definition) is 2. The number of likely N-dealkylation sites (tertiary alicyclic amines) is 1. The first-order valence-electron chi connectivity index (χ1n) is 7.48. The molecule has 6 nitrogen and oxygen atoms in total. The zero-order valence-electron chi connectivity index (χ0n) is 13.3. The number of anilines is 1. The van der Waals surface area contributed by atoms with Crippen molar-refractivity contribution < 1.29 is 14.3 Å². The molecule has 0 spiro atoms. The maximum Gasteiger partial charge on any atom is 0.319 e. The van der Waals surface area contributed by atoms with Gasteiger partial charge in [-0.15, -0.1) is 0 Å². The number of carbonyl (C=O) groups is 2. The Bertz CT molecular complexity index is 530. The number of Topliss-reactive ketones (excluding diaryl/α,β-unsaturated/α-hetero) is 1. The summed E-state index contributed by atoms with van der Waals surface area (Å²) in [7, 11) is 2.01. The lowest BCUT2D eigenvalue weighted by molar-refractivity contribution is 0.0568. The lowest BCUT2D eigenvalue weighted by Gasteiger charge is -2.20. The van der Waals surface area contributed by atoms with Crippen LogP contribution >= 0.6 is 0 Å². The molecule has 120 valence electrons. The first-order valence-corrected chi connectivity index (χ1v) is 7.48. The summed E-state index contributed by atoms with van der Waals surface area (Å²) < 4.78 is 5.66. The second-order valence-corrected chi connectivity index (χ2v) is 5.55. The van der Waals surface area contributed by atoms with Crippen LogP contribution in [-0.4, -0.2) is 55.6 Å². The highest BCUT2D eigenvalue weighted by atomic mass is 16.5. The van der Waals surface area contributed by atoms with Crippen molar-refractivity contribution in [3.05, 3.63) is 29.8 Å². The Kier molecular flexibility index (Phi) is 5.51. The van der Waals surface area contributed by atoms with Crippen LogP contribution in [0.2, 0.25) is 0 Å². The van der Waals surface area contributed by atoms with E-state index in [-0.39, 0.29) is 24.0 Å². The standard InChI is InChI=1S/C16H23N3O3/c1-4-22-15-10-19(3)9-14(15)18-16(21)17-13-7-5-12(6-8-13)11(2)20/h5-8,14-15H,4,9-10H2,1-3H3,(H2,17,18,21)/t14-,15-/m1/s1. The fourth-order valence-corrected chi connectivity index (χ4v) is 2.61. The molecule has 1 aliphatic rings. The third kappa shape index (κ3) is 4.29. The summed E-state index contributed by atoms with van der Waals surface area (Å²) in [6.07, 6.45) is 0.0147. The van der Waals surface area contributed by atoms with Crippen molar-refractivity contribution in [2.75, 3.05) is 32.1 Å². The van der Waals surface area contributed by atoms with Crippen LogP contribution in [0.4, 0.5) is 10.5 Å². The van der Waals surface area contributed by atoms with Gasteiger partial charge >= 0.3 is 6.03 Å². The Morgan fingerprint density at radius 1 is 1.27 bits per heavy atom. The van der Waals surface area contributed by atoms with Crippen molar-refractivity contribution >= 4 is 17.5 Å². The summed E-state index contributed by atoms with van der Waals surface area (Å²) in [6.45, 7) is 5.67. The first-order chi connectivity index (χ1) is 10.5. The van der Waals surface area contributed by atoms with E-state index in [1.807, 2.05) is 14.0 Å². The quantitative estimate of drug-likeness (QED) is 0.813. The van der Waals surface area contributed by atoms with E-state index in [0.717, 1.165) is 13.1 Å². The molecule has 1 fully saturated rings. The summed E-state index contributed by atoms with van der Waals surface area (Å²) in [5, 5.41) is 5.72. The molecule has 2 N–H and O–H groups in total. The molecule has 0 unspecified atom stereocenters. The van der Waals surface area contributed by atoms with Crippen molar-refractivity contribution in [2.45, 2.75) is 26.0 Å². The molecule has 1 saturated heterocycles. The number of benzene rings is 1. The van der Waals surface area contributed by atoms with Crippen LogP contribution in [0, 0.1) is 0 Å². The minimum absolute atomic E-state index is 0.00421. The summed E-state index contributed by atoms with van der Waals surface area (Å²) in [6, 6.07) is 6.55. The normalized spacial score (nSPS) is 21.6. The molecule has 1 heterocycles. The minimum atomic E-state index is -0.263. The number of amides is 2. The van der Waals surface area contributed by atoms with Crippen LogP contribution in [-0.2, 0) is 4.74 Å². The summed E-state index contributed by atoms with van der Waals surface area (Å²) in [4.78, 5) is 25.4. The van der Waals surface area contributed by atoms with Gasteiger partial charge in [0.2, 0.25) is 0 Å². The zero-order chi connectivity index (χ0) is 16.1. The molecule has 1 aromatic rings. The maximum absolute atomic E-state index is 12.1. The van der Waals surface area contributed by atoms with Gasteiger partial charge in [0.1, 0.15) is 0 Å². The molecule has 0 aromatic heterocycles. The monoisotopic (exact) mass is 305 g/mol. The third-order valence-corrected chi connectivity index (χ3v) is 3.70. The molecule has 2 rings (SSSR count). The predicted octanol–water partition coefficient (Wildman–Crippen LogP) is 1.73. The highest BCUT2D eigenvalue weighted by molar-refractivity contribution is 5.95. The van der Waals surface area contributed by atoms with Crippen molar-refractivity contribution in [1.82, 2.24) is 10.2 Å². The molecule has 0 saturated carbocycles. The fraction of sp³-hybridized carbons (Fsp3) is 0.500. The smallest absolute Gasteiger partial charge is 0.319 e. The van der Waals surface area contributed by atoms with Gasteiger partial charge in [-0.05, 0) is 45.2 Å². The Balaban J connectivity index is 1.90. The molecule has 1 aromatic carbocycles. The predicted molar refractivity (Wildman–Crippen MR) is 85.3 cm³/mol. The van der Waals surface area contributed by atoms with Crippen LogP contribution in [0.25, 0.3) is 0 Å². The van der Waals surface area contributed by atoms with Crippen LogP contribution in [0.15, 0.2) is 24.3 Å². The Morgan fingerprint density at radius 2 is 1.95 bits per heavy atom. The van der Waals surface area contributed by atoms with Crippen molar-refractivity contribution in [1.29, 1.82) is 0 Å². The van der Waals surface area contributed by atoms with E-state index in [4.69, 9.17) is 4.74 Å². The number of nitrogens with zero attached hydrogens (tertiary/aromatic N) is 1. The minimum Gasteiger partial charge on any atom is -0.375 e. The van der Waals surface area contributed by atoms with Gasteiger partial charge in [0.15, 0.2) is 5.78 Å². The highest BCUT2D eigenvalue weighted by Crippen LogP contribution is 2.13. The molecule has 1 aliphatic heterocycles. The summed E-state index contributed by atoms with van der Waals surface area (Å²) >= 11 is 0. The molecule has 0 radical (unpaired) electrons. The van der Waals surface area contributed by atoms with Gasteiger partial charge < -0.3 is 20.3 Å².